The summed E-state index contributed by atoms with van der Waals surface area (Å²) in [4.78, 5) is 40.0. The number of nitrogens with zero attached hydrogens (tertiary/aromatic N) is 1. The van der Waals surface area contributed by atoms with Crippen LogP contribution in [-0.2, 0) is 4.79 Å². The Morgan fingerprint density at radius 1 is 0.927 bits per heavy atom. The normalized spacial score (nSPS) is 11.3. The summed E-state index contributed by atoms with van der Waals surface area (Å²) < 4.78 is 0. The number of benzene rings is 3. The van der Waals surface area contributed by atoms with Crippen LogP contribution in [0.15, 0.2) is 77.7 Å². The molecule has 3 amide bonds. The average molecular weight is 624 g/mol. The smallest absolute Gasteiger partial charge is 0.266 e. The van der Waals surface area contributed by atoms with Gasteiger partial charge in [0.25, 0.3) is 11.8 Å². The second-order valence-corrected chi connectivity index (χ2v) is 11.9. The molecule has 4 aromatic rings. The molecule has 3 aromatic carbocycles. The van der Waals surface area contributed by atoms with Gasteiger partial charge in [0.15, 0.2) is 0 Å². The van der Waals surface area contributed by atoms with Crippen molar-refractivity contribution in [2.45, 2.75) is 30.4 Å². The molecular formula is C30H24Cl2N4O3S2. The Balaban J connectivity index is 1.46. The topological polar surface area (TPSA) is 111 Å². The van der Waals surface area contributed by atoms with Gasteiger partial charge in [-0.1, -0.05) is 54.4 Å². The van der Waals surface area contributed by atoms with E-state index in [1.54, 1.807) is 49.4 Å². The molecule has 0 saturated carbocycles. The number of carbonyl (C=O) groups excluding carboxylic acids is 3. The van der Waals surface area contributed by atoms with Crippen molar-refractivity contribution in [2.75, 3.05) is 16.0 Å². The molecule has 0 aliphatic heterocycles. The van der Waals surface area contributed by atoms with Crippen molar-refractivity contribution in [1.29, 1.82) is 5.26 Å². The first-order valence-corrected chi connectivity index (χ1v) is 14.9. The molecular weight excluding hydrogens is 599 g/mol. The Morgan fingerprint density at radius 2 is 1.63 bits per heavy atom. The number of amides is 3. The van der Waals surface area contributed by atoms with Gasteiger partial charge in [0.05, 0.1) is 26.3 Å². The second-order valence-electron chi connectivity index (χ2n) is 8.80. The van der Waals surface area contributed by atoms with Crippen LogP contribution in [-0.4, -0.2) is 23.0 Å². The van der Waals surface area contributed by atoms with Crippen LogP contribution in [0.5, 0.6) is 0 Å². The van der Waals surface area contributed by atoms with E-state index in [2.05, 4.69) is 22.0 Å². The highest BCUT2D eigenvalue weighted by Crippen LogP contribution is 2.35. The molecule has 4 rings (SSSR count). The number of halogens is 2. The van der Waals surface area contributed by atoms with Gasteiger partial charge < -0.3 is 16.0 Å². The molecule has 1 aromatic heterocycles. The van der Waals surface area contributed by atoms with Gasteiger partial charge in [0, 0.05) is 21.3 Å². The van der Waals surface area contributed by atoms with Gasteiger partial charge >= 0.3 is 0 Å². The lowest BCUT2D eigenvalue weighted by molar-refractivity contribution is -0.115. The summed E-state index contributed by atoms with van der Waals surface area (Å²) in [5, 5.41) is 18.8. The Kier molecular flexibility index (Phi) is 10.1. The number of anilines is 3. The third-order valence-electron chi connectivity index (χ3n) is 5.94. The number of hydrogen-bond acceptors (Lipinski definition) is 6. The number of nitriles is 1. The van der Waals surface area contributed by atoms with Crippen LogP contribution in [0.1, 0.15) is 44.5 Å². The lowest BCUT2D eigenvalue weighted by Gasteiger charge is -2.15. The quantitative estimate of drug-likeness (QED) is 0.163. The average Bonchev–Trinajstić information content (AvgIpc) is 3.26. The molecule has 1 atom stereocenters. The van der Waals surface area contributed by atoms with Crippen LogP contribution in [0.3, 0.4) is 0 Å². The summed E-state index contributed by atoms with van der Waals surface area (Å²) in [6, 6.07) is 22.9. The van der Waals surface area contributed by atoms with E-state index in [0.717, 1.165) is 16.2 Å². The van der Waals surface area contributed by atoms with E-state index < -0.39 is 5.25 Å². The van der Waals surface area contributed by atoms with Crippen molar-refractivity contribution in [3.8, 4) is 6.07 Å². The Morgan fingerprint density at radius 3 is 2.32 bits per heavy atom. The van der Waals surface area contributed by atoms with Crippen LogP contribution < -0.4 is 16.0 Å². The Hall–Kier alpha value is -3.81. The largest absolute Gasteiger partial charge is 0.322 e. The monoisotopic (exact) mass is 622 g/mol. The maximum Gasteiger partial charge on any atom is 0.266 e. The zero-order valence-electron chi connectivity index (χ0n) is 22.0. The van der Waals surface area contributed by atoms with Gasteiger partial charge in [-0.05, 0) is 67.4 Å². The zero-order valence-corrected chi connectivity index (χ0v) is 25.1. The molecule has 0 aliphatic carbocycles. The molecule has 0 radical (unpaired) electrons. The lowest BCUT2D eigenvalue weighted by atomic mass is 10.1. The van der Waals surface area contributed by atoms with Crippen molar-refractivity contribution in [3.05, 3.63) is 104 Å². The first kappa shape index (κ1) is 30.2. The summed E-state index contributed by atoms with van der Waals surface area (Å²) in [5.41, 5.74) is 2.22. The molecule has 11 heteroatoms. The van der Waals surface area contributed by atoms with Crippen molar-refractivity contribution >= 4 is 80.4 Å². The Bertz CT molecular complexity index is 1650. The van der Waals surface area contributed by atoms with E-state index in [1.807, 2.05) is 31.2 Å². The lowest BCUT2D eigenvalue weighted by Crippen LogP contribution is -2.24. The van der Waals surface area contributed by atoms with Crippen LogP contribution in [0.4, 0.5) is 16.4 Å². The highest BCUT2D eigenvalue weighted by Gasteiger charge is 2.25. The molecule has 1 unspecified atom stereocenters. The van der Waals surface area contributed by atoms with E-state index >= 15 is 0 Å². The first-order chi connectivity index (χ1) is 19.7. The molecule has 41 heavy (non-hydrogen) atoms. The molecule has 0 bridgehead atoms. The maximum atomic E-state index is 13.3. The third-order valence-corrected chi connectivity index (χ3v) is 9.05. The van der Waals surface area contributed by atoms with E-state index in [-0.39, 0.29) is 33.9 Å². The van der Waals surface area contributed by atoms with Gasteiger partial charge in [-0.15, -0.1) is 23.1 Å². The highest BCUT2D eigenvalue weighted by atomic mass is 35.5. The molecule has 1 heterocycles. The number of carbonyl (C=O) groups is 3. The fourth-order valence-corrected chi connectivity index (χ4v) is 6.42. The fraction of sp³-hybridized carbons (Fsp3) is 0.133. The van der Waals surface area contributed by atoms with E-state index in [9.17, 15) is 19.6 Å². The molecule has 3 N–H and O–H groups in total. The van der Waals surface area contributed by atoms with Crippen LogP contribution in [0, 0.1) is 18.3 Å². The van der Waals surface area contributed by atoms with Gasteiger partial charge in [-0.3, -0.25) is 14.4 Å². The molecule has 7 nitrogen and oxygen atoms in total. The number of thioether (sulfide) groups is 1. The predicted molar refractivity (Wildman–Crippen MR) is 168 cm³/mol. The molecule has 208 valence electrons. The van der Waals surface area contributed by atoms with E-state index in [1.165, 1.54) is 17.8 Å². The summed E-state index contributed by atoms with van der Waals surface area (Å²) in [6.07, 6.45) is 0.501. The van der Waals surface area contributed by atoms with Crippen LogP contribution >= 0.6 is 46.3 Å². The number of rotatable bonds is 9. The van der Waals surface area contributed by atoms with E-state index in [0.29, 0.717) is 38.3 Å². The van der Waals surface area contributed by atoms with Crippen LogP contribution in [0.2, 0.25) is 10.0 Å². The van der Waals surface area contributed by atoms with Gasteiger partial charge in [0.2, 0.25) is 5.91 Å². The summed E-state index contributed by atoms with van der Waals surface area (Å²) >= 11 is 14.5. The highest BCUT2D eigenvalue weighted by molar-refractivity contribution is 8.00. The van der Waals surface area contributed by atoms with Crippen molar-refractivity contribution in [1.82, 2.24) is 0 Å². The van der Waals surface area contributed by atoms with E-state index in [4.69, 9.17) is 23.2 Å². The minimum Gasteiger partial charge on any atom is -0.322 e. The van der Waals surface area contributed by atoms with Crippen molar-refractivity contribution in [2.24, 2.45) is 0 Å². The van der Waals surface area contributed by atoms with Crippen molar-refractivity contribution in [3.63, 3.8) is 0 Å². The van der Waals surface area contributed by atoms with Crippen molar-refractivity contribution < 1.29 is 14.4 Å². The molecule has 0 aliphatic rings. The van der Waals surface area contributed by atoms with Gasteiger partial charge in [-0.25, -0.2) is 0 Å². The minimum absolute atomic E-state index is 0.240. The molecule has 0 fully saturated rings. The van der Waals surface area contributed by atoms with Crippen LogP contribution in [0.25, 0.3) is 0 Å². The predicted octanol–water partition coefficient (Wildman–Crippen LogP) is 8.25. The summed E-state index contributed by atoms with van der Waals surface area (Å²) in [6.45, 7) is 3.57. The third kappa shape index (κ3) is 7.48. The standard InChI is InChI=1S/C30H24Cl2N4O3S2/c1-3-25(40-21-11-7-10-20(15-21)35-27(37)22-13-12-18(31)14-24(22)32)28(38)36-30-23(16-33)17(2)26(41-30)29(39)34-19-8-5-4-6-9-19/h4-15,25H,3H2,1-2H3,(H,34,39)(H,35,37)(H,36,38). The minimum atomic E-state index is -0.498. The first-order valence-electron chi connectivity index (χ1n) is 12.4. The number of para-hydroxylation sites is 1. The summed E-state index contributed by atoms with van der Waals surface area (Å²) in [5.74, 6) is -1.04. The SMILES string of the molecule is CCC(Sc1cccc(NC(=O)c2ccc(Cl)cc2Cl)c1)C(=O)Nc1sc(C(=O)Nc2ccccc2)c(C)c1C#N. The zero-order chi connectivity index (χ0) is 29.5. The molecule has 0 saturated heterocycles. The fourth-order valence-electron chi connectivity index (χ4n) is 3.86. The Labute approximate surface area is 255 Å². The second kappa shape index (κ2) is 13.7. The molecule has 0 spiro atoms. The van der Waals surface area contributed by atoms with Gasteiger partial charge in [0.1, 0.15) is 11.1 Å². The number of thiophene rings is 1. The maximum absolute atomic E-state index is 13.3. The number of nitrogens with one attached hydrogen (secondary N) is 3. The van der Waals surface area contributed by atoms with Gasteiger partial charge in [-0.2, -0.15) is 5.26 Å². The summed E-state index contributed by atoms with van der Waals surface area (Å²) in [7, 11) is 0. The number of hydrogen-bond donors (Lipinski definition) is 3.